The van der Waals surface area contributed by atoms with Crippen molar-refractivity contribution in [1.82, 2.24) is 0 Å². The van der Waals surface area contributed by atoms with E-state index < -0.39 is 22.7 Å². The van der Waals surface area contributed by atoms with Crippen LogP contribution in [0.3, 0.4) is 0 Å². The van der Waals surface area contributed by atoms with E-state index in [0.29, 0.717) is 22.4 Å². The van der Waals surface area contributed by atoms with Gasteiger partial charge in [-0.25, -0.2) is 14.7 Å². The zero-order chi connectivity index (χ0) is 21.6. The van der Waals surface area contributed by atoms with E-state index in [1.807, 2.05) is 18.2 Å². The number of hydroxylamine groups is 1. The predicted molar refractivity (Wildman–Crippen MR) is 109 cm³/mol. The van der Waals surface area contributed by atoms with E-state index in [4.69, 9.17) is 9.57 Å². The van der Waals surface area contributed by atoms with Gasteiger partial charge in [-0.15, -0.1) is 0 Å². The van der Waals surface area contributed by atoms with Gasteiger partial charge >= 0.3 is 5.97 Å². The van der Waals surface area contributed by atoms with Gasteiger partial charge < -0.3 is 4.74 Å². The SMILES string of the molecule is O=C1O[C@@]2(C[C@H](C(=O)c3ccc([N+](=O)[O-])cc3)N(c3ccccc3)O2)c2ccccc21. The van der Waals surface area contributed by atoms with Crippen LogP contribution in [-0.4, -0.2) is 22.7 Å². The molecule has 8 heteroatoms. The second-order valence-electron chi connectivity index (χ2n) is 7.33. The first kappa shape index (κ1) is 19.0. The van der Waals surface area contributed by atoms with Crippen molar-refractivity contribution in [1.29, 1.82) is 0 Å². The van der Waals surface area contributed by atoms with Crippen LogP contribution in [0.25, 0.3) is 0 Å². The van der Waals surface area contributed by atoms with Gasteiger partial charge in [0.15, 0.2) is 5.78 Å². The first-order valence-corrected chi connectivity index (χ1v) is 9.63. The third kappa shape index (κ3) is 3.04. The third-order valence-electron chi connectivity index (χ3n) is 5.48. The number of ether oxygens (including phenoxy) is 1. The molecule has 2 heterocycles. The molecule has 3 aromatic carbocycles. The molecule has 5 rings (SSSR count). The van der Waals surface area contributed by atoms with Gasteiger partial charge in [-0.2, -0.15) is 0 Å². The first-order chi connectivity index (χ1) is 15.0. The van der Waals surface area contributed by atoms with Crippen LogP contribution >= 0.6 is 0 Å². The molecule has 154 valence electrons. The Morgan fingerprint density at radius 3 is 2.39 bits per heavy atom. The summed E-state index contributed by atoms with van der Waals surface area (Å²) in [5.74, 6) is -2.21. The molecule has 0 aromatic heterocycles. The summed E-state index contributed by atoms with van der Waals surface area (Å²) in [4.78, 5) is 42.4. The Morgan fingerprint density at radius 1 is 1.00 bits per heavy atom. The Balaban J connectivity index is 1.56. The lowest BCUT2D eigenvalue weighted by molar-refractivity contribution is -0.384. The molecular formula is C23H16N2O6. The minimum atomic E-state index is -1.41. The molecule has 2 aliphatic heterocycles. The fourth-order valence-corrected chi connectivity index (χ4v) is 4.02. The van der Waals surface area contributed by atoms with Crippen molar-refractivity contribution in [2.75, 3.05) is 5.06 Å². The Labute approximate surface area is 176 Å². The summed E-state index contributed by atoms with van der Waals surface area (Å²) in [5, 5.41) is 12.4. The topological polar surface area (TPSA) is 99.0 Å². The number of nitrogens with zero attached hydrogens (tertiary/aromatic N) is 2. The molecule has 1 fully saturated rings. The smallest absolute Gasteiger partial charge is 0.341 e. The van der Waals surface area contributed by atoms with Gasteiger partial charge in [0.2, 0.25) is 0 Å². The van der Waals surface area contributed by atoms with Gasteiger partial charge in [-0.3, -0.25) is 14.9 Å². The molecule has 0 unspecified atom stereocenters. The van der Waals surface area contributed by atoms with Gasteiger partial charge in [0.1, 0.15) is 6.04 Å². The Hall–Kier alpha value is -4.04. The normalized spacial score (nSPS) is 21.7. The van der Waals surface area contributed by atoms with Crippen LogP contribution in [-0.2, 0) is 15.4 Å². The summed E-state index contributed by atoms with van der Waals surface area (Å²) in [6.07, 6.45) is 0.0838. The number of non-ortho nitro benzene ring substituents is 1. The average Bonchev–Trinajstić information content (AvgIpc) is 3.32. The fraction of sp³-hybridized carbons (Fsp3) is 0.130. The zero-order valence-corrected chi connectivity index (χ0v) is 16.1. The van der Waals surface area contributed by atoms with Crippen LogP contribution in [0.1, 0.15) is 32.7 Å². The van der Waals surface area contributed by atoms with Gasteiger partial charge in [0.25, 0.3) is 11.5 Å². The number of hydrogen-bond donors (Lipinski definition) is 0. The third-order valence-corrected chi connectivity index (χ3v) is 5.48. The van der Waals surface area contributed by atoms with Crippen LogP contribution in [0.15, 0.2) is 78.9 Å². The maximum atomic E-state index is 13.4. The van der Waals surface area contributed by atoms with Gasteiger partial charge in [-0.1, -0.05) is 36.4 Å². The zero-order valence-electron chi connectivity index (χ0n) is 16.1. The lowest BCUT2D eigenvalue weighted by Gasteiger charge is -2.25. The van der Waals surface area contributed by atoms with Crippen LogP contribution in [0.4, 0.5) is 11.4 Å². The quantitative estimate of drug-likeness (QED) is 0.274. The van der Waals surface area contributed by atoms with Crippen LogP contribution in [0, 0.1) is 10.1 Å². The van der Waals surface area contributed by atoms with Crippen molar-refractivity contribution < 1.29 is 24.1 Å². The molecule has 31 heavy (non-hydrogen) atoms. The highest BCUT2D eigenvalue weighted by Crippen LogP contribution is 2.48. The summed E-state index contributed by atoms with van der Waals surface area (Å²) >= 11 is 0. The molecule has 0 amide bonds. The maximum Gasteiger partial charge on any atom is 0.341 e. The standard InChI is InChI=1S/C23H16N2O6/c26-21(15-10-12-17(13-11-15)25(28)29)20-14-23(31-24(20)16-6-2-1-3-7-16)19-9-5-4-8-18(19)22(27)30-23/h1-13,20H,14H2/t20-,23-/m1/s1. The van der Waals surface area contributed by atoms with E-state index in [2.05, 4.69) is 0 Å². The predicted octanol–water partition coefficient (Wildman–Crippen LogP) is 4.01. The molecule has 2 aliphatic rings. The highest BCUT2D eigenvalue weighted by molar-refractivity contribution is 6.02. The summed E-state index contributed by atoms with van der Waals surface area (Å²) in [6, 6.07) is 20.6. The second kappa shape index (κ2) is 7.03. The summed E-state index contributed by atoms with van der Waals surface area (Å²) in [7, 11) is 0. The van der Waals surface area contributed by atoms with Crippen molar-refractivity contribution in [3.05, 3.63) is 106 Å². The molecule has 0 N–H and O–H groups in total. The summed E-state index contributed by atoms with van der Waals surface area (Å²) in [6.45, 7) is 0. The molecule has 0 bridgehead atoms. The van der Waals surface area contributed by atoms with E-state index in [1.165, 1.54) is 29.3 Å². The molecule has 0 saturated carbocycles. The molecule has 2 atom stereocenters. The monoisotopic (exact) mass is 416 g/mol. The Kier molecular flexibility index (Phi) is 4.30. The largest absolute Gasteiger partial charge is 0.423 e. The van der Waals surface area contributed by atoms with Crippen LogP contribution in [0.5, 0.6) is 0 Å². The Morgan fingerprint density at radius 2 is 1.68 bits per heavy atom. The maximum absolute atomic E-state index is 13.4. The van der Waals surface area contributed by atoms with Gasteiger partial charge in [-0.05, 0) is 30.3 Å². The number of para-hydroxylation sites is 1. The van der Waals surface area contributed by atoms with Crippen molar-refractivity contribution in [3.8, 4) is 0 Å². The number of hydrogen-bond acceptors (Lipinski definition) is 7. The molecule has 1 spiro atoms. The van der Waals surface area contributed by atoms with Crippen LogP contribution in [0.2, 0.25) is 0 Å². The minimum absolute atomic E-state index is 0.0838. The average molecular weight is 416 g/mol. The van der Waals surface area contributed by atoms with Crippen molar-refractivity contribution in [2.45, 2.75) is 18.2 Å². The van der Waals surface area contributed by atoms with E-state index >= 15 is 0 Å². The number of carbonyl (C=O) groups excluding carboxylic acids is 2. The number of carbonyl (C=O) groups is 2. The highest BCUT2D eigenvalue weighted by Gasteiger charge is 2.57. The molecule has 3 aromatic rings. The van der Waals surface area contributed by atoms with E-state index in [9.17, 15) is 19.7 Å². The molecule has 0 radical (unpaired) electrons. The van der Waals surface area contributed by atoms with Crippen LogP contribution < -0.4 is 5.06 Å². The lowest BCUT2D eigenvalue weighted by atomic mass is 9.93. The minimum Gasteiger partial charge on any atom is -0.423 e. The molecule has 1 saturated heterocycles. The second-order valence-corrected chi connectivity index (χ2v) is 7.33. The number of rotatable bonds is 4. The highest BCUT2D eigenvalue weighted by atomic mass is 16.8. The van der Waals surface area contributed by atoms with E-state index in [-0.39, 0.29) is 17.9 Å². The number of fused-ring (bicyclic) bond motifs is 2. The van der Waals surface area contributed by atoms with Gasteiger partial charge in [0, 0.05) is 23.3 Å². The number of Topliss-reactive ketones (excluding diaryl/α,β-unsaturated/α-hetero) is 1. The number of anilines is 1. The number of esters is 1. The fourth-order valence-electron chi connectivity index (χ4n) is 4.02. The first-order valence-electron chi connectivity index (χ1n) is 9.63. The van der Waals surface area contributed by atoms with E-state index in [0.717, 1.165) is 0 Å². The lowest BCUT2D eigenvalue weighted by Crippen LogP contribution is -2.35. The van der Waals surface area contributed by atoms with E-state index in [1.54, 1.807) is 36.4 Å². The number of ketones is 1. The summed E-state index contributed by atoms with van der Waals surface area (Å²) < 4.78 is 5.65. The number of nitro benzene ring substituents is 1. The molecule has 0 aliphatic carbocycles. The van der Waals surface area contributed by atoms with Crippen molar-refractivity contribution >= 4 is 23.1 Å². The van der Waals surface area contributed by atoms with Gasteiger partial charge in [0.05, 0.1) is 22.6 Å². The Bertz CT molecular complexity index is 1190. The molecular weight excluding hydrogens is 400 g/mol. The van der Waals surface area contributed by atoms with Crippen molar-refractivity contribution in [2.24, 2.45) is 0 Å². The number of nitro groups is 1. The number of benzene rings is 3. The van der Waals surface area contributed by atoms with Crippen molar-refractivity contribution in [3.63, 3.8) is 0 Å². The molecule has 8 nitrogen and oxygen atoms in total. The summed E-state index contributed by atoms with van der Waals surface area (Å²) in [5.41, 5.74) is 1.79.